The minimum atomic E-state index is -0.601. The van der Waals surface area contributed by atoms with Crippen LogP contribution in [0.25, 0.3) is 0 Å². The Kier molecular flexibility index (Phi) is 9.74. The van der Waals surface area contributed by atoms with Crippen molar-refractivity contribution in [2.75, 3.05) is 5.75 Å². The highest BCUT2D eigenvalue weighted by Crippen LogP contribution is 2.25. The van der Waals surface area contributed by atoms with Crippen LogP contribution in [0.15, 0.2) is 46.9 Å². The van der Waals surface area contributed by atoms with Gasteiger partial charge in [-0.05, 0) is 63.1 Å². The summed E-state index contributed by atoms with van der Waals surface area (Å²) in [5, 5.41) is 3.97. The molecular weight excluding hydrogens is 519 g/mol. The normalized spacial score (nSPS) is 12.4. The molecule has 0 fully saturated rings. The molecule has 0 saturated heterocycles. The second kappa shape index (κ2) is 11.6. The van der Waals surface area contributed by atoms with Crippen LogP contribution in [0.4, 0.5) is 0 Å². The van der Waals surface area contributed by atoms with Crippen LogP contribution >= 0.6 is 50.9 Å². The summed E-state index contributed by atoms with van der Waals surface area (Å²) in [6, 6.07) is 12.6. The lowest BCUT2D eigenvalue weighted by Crippen LogP contribution is -2.52. The van der Waals surface area contributed by atoms with Crippen LogP contribution in [0.2, 0.25) is 10.0 Å². The topological polar surface area (TPSA) is 49.4 Å². The van der Waals surface area contributed by atoms with E-state index in [9.17, 15) is 9.59 Å². The van der Waals surface area contributed by atoms with E-state index in [0.717, 1.165) is 15.6 Å². The summed E-state index contributed by atoms with van der Waals surface area (Å²) in [6.45, 7) is 7.88. The van der Waals surface area contributed by atoms with E-state index in [1.807, 2.05) is 51.1 Å². The van der Waals surface area contributed by atoms with Crippen molar-refractivity contribution >= 4 is 62.7 Å². The van der Waals surface area contributed by atoms with Gasteiger partial charge in [-0.25, -0.2) is 0 Å². The minimum absolute atomic E-state index is 0.0957. The molecule has 1 N–H and O–H groups in total. The Bertz CT molecular complexity index is 934. The number of halogens is 3. The van der Waals surface area contributed by atoms with E-state index in [0.29, 0.717) is 22.3 Å². The molecule has 0 heterocycles. The summed E-state index contributed by atoms with van der Waals surface area (Å²) in [5.74, 6) is 0.601. The molecule has 8 heteroatoms. The molecule has 2 rings (SSSR count). The smallest absolute Gasteiger partial charge is 0.242 e. The second-order valence-corrected chi connectivity index (χ2v) is 11.0. The third-order valence-corrected chi connectivity index (χ3v) is 6.61. The molecule has 0 aliphatic carbocycles. The van der Waals surface area contributed by atoms with Gasteiger partial charge in [0, 0.05) is 22.3 Å². The quantitative estimate of drug-likeness (QED) is 0.422. The number of nitrogens with one attached hydrogen (secondary N) is 1. The molecule has 2 aromatic carbocycles. The maximum atomic E-state index is 13.1. The molecule has 0 aliphatic heterocycles. The monoisotopic (exact) mass is 544 g/mol. The van der Waals surface area contributed by atoms with Crippen molar-refractivity contribution in [3.63, 3.8) is 0 Å². The maximum absolute atomic E-state index is 13.1. The van der Waals surface area contributed by atoms with Gasteiger partial charge in [0.1, 0.15) is 6.04 Å². The molecule has 2 amide bonds. The number of amides is 2. The van der Waals surface area contributed by atoms with E-state index in [1.54, 1.807) is 24.0 Å². The van der Waals surface area contributed by atoms with Gasteiger partial charge in [-0.2, -0.15) is 0 Å². The Morgan fingerprint density at radius 1 is 1.10 bits per heavy atom. The lowest BCUT2D eigenvalue weighted by atomic mass is 10.1. The fraction of sp³-hybridized carbons (Fsp3) is 0.391. The van der Waals surface area contributed by atoms with E-state index >= 15 is 0 Å². The van der Waals surface area contributed by atoms with Crippen molar-refractivity contribution in [2.45, 2.75) is 51.6 Å². The van der Waals surface area contributed by atoms with Gasteiger partial charge in [-0.15, -0.1) is 11.8 Å². The number of carbonyl (C=O) groups is 2. The number of carbonyl (C=O) groups excluding carboxylic acids is 2. The first-order chi connectivity index (χ1) is 14.5. The Morgan fingerprint density at radius 2 is 1.81 bits per heavy atom. The number of hydrogen-bond donors (Lipinski definition) is 1. The van der Waals surface area contributed by atoms with Gasteiger partial charge >= 0.3 is 0 Å². The third kappa shape index (κ3) is 8.68. The highest BCUT2D eigenvalue weighted by Gasteiger charge is 2.28. The largest absolute Gasteiger partial charge is 0.350 e. The van der Waals surface area contributed by atoms with Crippen LogP contribution in [0.5, 0.6) is 0 Å². The molecule has 2 aromatic rings. The summed E-state index contributed by atoms with van der Waals surface area (Å²) in [7, 11) is 0. The van der Waals surface area contributed by atoms with Gasteiger partial charge in [-0.3, -0.25) is 9.59 Å². The van der Waals surface area contributed by atoms with Gasteiger partial charge in [0.25, 0.3) is 0 Å². The number of rotatable bonds is 8. The fourth-order valence-electron chi connectivity index (χ4n) is 2.86. The van der Waals surface area contributed by atoms with E-state index in [-0.39, 0.29) is 23.1 Å². The fourth-order valence-corrected chi connectivity index (χ4v) is 4.48. The van der Waals surface area contributed by atoms with Crippen molar-refractivity contribution in [3.05, 3.63) is 68.1 Å². The molecular formula is C23H27BrCl2N2O2S. The molecule has 0 aromatic heterocycles. The van der Waals surface area contributed by atoms with Crippen LogP contribution in [0.1, 0.15) is 38.8 Å². The summed E-state index contributed by atoms with van der Waals surface area (Å²) in [5.41, 5.74) is 1.57. The maximum Gasteiger partial charge on any atom is 0.242 e. The van der Waals surface area contributed by atoms with E-state index in [1.165, 1.54) is 11.8 Å². The van der Waals surface area contributed by atoms with E-state index < -0.39 is 6.04 Å². The van der Waals surface area contributed by atoms with Crippen molar-refractivity contribution < 1.29 is 9.59 Å². The summed E-state index contributed by atoms with van der Waals surface area (Å²) >= 11 is 17.0. The zero-order valence-corrected chi connectivity index (χ0v) is 22.0. The van der Waals surface area contributed by atoms with Crippen LogP contribution < -0.4 is 5.32 Å². The first-order valence-electron chi connectivity index (χ1n) is 9.84. The Balaban J connectivity index is 2.10. The third-order valence-electron chi connectivity index (χ3n) is 4.39. The summed E-state index contributed by atoms with van der Waals surface area (Å²) < 4.78 is 0.929. The minimum Gasteiger partial charge on any atom is -0.350 e. The number of benzene rings is 2. The molecule has 0 saturated carbocycles. The molecule has 168 valence electrons. The number of nitrogens with zero attached hydrogens (tertiary/aromatic N) is 1. The zero-order valence-electron chi connectivity index (χ0n) is 18.0. The lowest BCUT2D eigenvalue weighted by molar-refractivity contribution is -0.139. The Labute approximate surface area is 207 Å². The molecule has 0 spiro atoms. The molecule has 1 atom stereocenters. The molecule has 31 heavy (non-hydrogen) atoms. The second-order valence-electron chi connectivity index (χ2n) is 8.31. The average Bonchev–Trinajstić information content (AvgIpc) is 2.67. The van der Waals surface area contributed by atoms with Gasteiger partial charge in [0.2, 0.25) is 11.8 Å². The zero-order chi connectivity index (χ0) is 23.2. The summed E-state index contributed by atoms with van der Waals surface area (Å²) in [6.07, 6.45) is 0. The highest BCUT2D eigenvalue weighted by molar-refractivity contribution is 9.10. The predicted octanol–water partition coefficient (Wildman–Crippen LogP) is 6.32. The number of hydrogen-bond acceptors (Lipinski definition) is 3. The van der Waals surface area contributed by atoms with Gasteiger partial charge < -0.3 is 10.2 Å². The first-order valence-corrected chi connectivity index (χ1v) is 12.5. The molecule has 4 nitrogen and oxygen atoms in total. The predicted molar refractivity (Wildman–Crippen MR) is 135 cm³/mol. The van der Waals surface area contributed by atoms with Gasteiger partial charge in [-0.1, -0.05) is 57.3 Å². The first kappa shape index (κ1) is 26.0. The van der Waals surface area contributed by atoms with Crippen molar-refractivity contribution in [1.82, 2.24) is 10.2 Å². The number of thioether (sulfide) groups is 1. The standard InChI is InChI=1S/C23H27BrCl2N2O2S/c1-15(22(30)27-23(2,3)4)28(12-16-6-5-7-18(24)10-16)21(29)14-31-13-17-8-9-19(25)20(26)11-17/h5-11,15H,12-14H2,1-4H3,(H,27,30). The Morgan fingerprint density at radius 3 is 2.42 bits per heavy atom. The van der Waals surface area contributed by atoms with Crippen LogP contribution in [-0.2, 0) is 21.9 Å². The molecule has 0 bridgehead atoms. The van der Waals surface area contributed by atoms with Gasteiger partial charge in [0.15, 0.2) is 0 Å². The molecule has 0 aliphatic rings. The van der Waals surface area contributed by atoms with Crippen LogP contribution in [0.3, 0.4) is 0 Å². The van der Waals surface area contributed by atoms with Crippen molar-refractivity contribution in [2.24, 2.45) is 0 Å². The van der Waals surface area contributed by atoms with E-state index in [2.05, 4.69) is 21.2 Å². The average molecular weight is 546 g/mol. The molecule has 0 radical (unpaired) electrons. The SMILES string of the molecule is CC(C(=O)NC(C)(C)C)N(Cc1cccc(Br)c1)C(=O)CSCc1ccc(Cl)c(Cl)c1. The van der Waals surface area contributed by atoms with Crippen molar-refractivity contribution in [1.29, 1.82) is 0 Å². The Hall–Kier alpha value is -1.21. The van der Waals surface area contributed by atoms with Crippen molar-refractivity contribution in [3.8, 4) is 0 Å². The highest BCUT2D eigenvalue weighted by atomic mass is 79.9. The summed E-state index contributed by atoms with van der Waals surface area (Å²) in [4.78, 5) is 27.5. The van der Waals surface area contributed by atoms with Crippen LogP contribution in [0, 0.1) is 0 Å². The van der Waals surface area contributed by atoms with Crippen LogP contribution in [-0.4, -0.2) is 34.0 Å². The van der Waals surface area contributed by atoms with E-state index in [4.69, 9.17) is 23.2 Å². The lowest BCUT2D eigenvalue weighted by Gasteiger charge is -2.31. The van der Waals surface area contributed by atoms with Gasteiger partial charge in [0.05, 0.1) is 15.8 Å². The molecule has 1 unspecified atom stereocenters.